The molecule has 0 spiro atoms. The highest BCUT2D eigenvalue weighted by Crippen LogP contribution is 2.26. The molecule has 1 radical (unpaired) electrons. The molecule has 1 aliphatic rings. The predicted octanol–water partition coefficient (Wildman–Crippen LogP) is 3.74. The smallest absolute Gasteiger partial charge is 0.208 e. The second-order valence-corrected chi connectivity index (χ2v) is 8.32. The topological polar surface area (TPSA) is 46.2 Å². The van der Waals surface area contributed by atoms with Gasteiger partial charge in [0.2, 0.25) is 10.0 Å². The molecule has 115 valence electrons. The van der Waals surface area contributed by atoms with Gasteiger partial charge in [0.1, 0.15) is 4.90 Å². The molecule has 0 saturated heterocycles. The second kappa shape index (κ2) is 6.32. The molecule has 1 atom stereocenters. The fourth-order valence-electron chi connectivity index (χ4n) is 2.69. The van der Waals surface area contributed by atoms with Crippen LogP contribution >= 0.6 is 27.5 Å². The summed E-state index contributed by atoms with van der Waals surface area (Å²) in [4.78, 5) is 0.128. The Kier molecular flexibility index (Phi) is 4.59. The van der Waals surface area contributed by atoms with Crippen LogP contribution in [0.25, 0.3) is 0 Å². The van der Waals surface area contributed by atoms with E-state index in [2.05, 4.69) is 26.7 Å². The van der Waals surface area contributed by atoms with Gasteiger partial charge in [-0.2, -0.15) is 0 Å². The molecule has 0 amide bonds. The molecule has 0 bridgehead atoms. The minimum Gasteiger partial charge on any atom is -0.208 e. The monoisotopic (exact) mass is 398 g/mol. The van der Waals surface area contributed by atoms with Crippen molar-refractivity contribution in [2.75, 3.05) is 0 Å². The summed E-state index contributed by atoms with van der Waals surface area (Å²) in [5, 5.41) is 0.238. The molecule has 1 N–H and O–H groups in total. The third-order valence-corrected chi connectivity index (χ3v) is 6.22. The number of sulfonamides is 1. The highest BCUT2D eigenvalue weighted by Gasteiger charge is 2.25. The average molecular weight is 400 g/mol. The minimum absolute atomic E-state index is 0.128. The van der Waals surface area contributed by atoms with Gasteiger partial charge in [-0.15, -0.1) is 0 Å². The van der Waals surface area contributed by atoms with E-state index in [4.69, 9.17) is 11.6 Å². The summed E-state index contributed by atoms with van der Waals surface area (Å²) < 4.78 is 28.7. The van der Waals surface area contributed by atoms with Gasteiger partial charge in [0.25, 0.3) is 0 Å². The first-order valence-electron chi connectivity index (χ1n) is 6.91. The molecule has 0 fully saturated rings. The van der Waals surface area contributed by atoms with Crippen molar-refractivity contribution >= 4 is 37.6 Å². The van der Waals surface area contributed by atoms with Crippen LogP contribution in [0.5, 0.6) is 0 Å². The summed E-state index contributed by atoms with van der Waals surface area (Å²) in [6, 6.07) is 13.5. The third-order valence-electron chi connectivity index (χ3n) is 3.74. The Morgan fingerprint density at radius 1 is 1.32 bits per heavy atom. The zero-order chi connectivity index (χ0) is 15.7. The van der Waals surface area contributed by atoms with Crippen LogP contribution in [-0.4, -0.2) is 14.5 Å². The van der Waals surface area contributed by atoms with Gasteiger partial charge in [-0.25, -0.2) is 13.1 Å². The lowest BCUT2D eigenvalue weighted by Gasteiger charge is -2.25. The summed E-state index contributed by atoms with van der Waals surface area (Å²) in [5.41, 5.74) is 2.30. The number of hydrogen-bond donors (Lipinski definition) is 1. The Morgan fingerprint density at radius 3 is 2.86 bits per heavy atom. The van der Waals surface area contributed by atoms with Gasteiger partial charge in [0, 0.05) is 10.5 Å². The van der Waals surface area contributed by atoms with E-state index in [1.54, 1.807) is 18.2 Å². The maximum atomic E-state index is 12.5. The van der Waals surface area contributed by atoms with Crippen molar-refractivity contribution in [2.24, 2.45) is 0 Å². The van der Waals surface area contributed by atoms with E-state index in [9.17, 15) is 8.42 Å². The fourth-order valence-corrected chi connectivity index (χ4v) is 4.87. The highest BCUT2D eigenvalue weighted by molar-refractivity contribution is 9.10. The molecule has 3 nitrogen and oxygen atoms in total. The normalized spacial score (nSPS) is 18.0. The van der Waals surface area contributed by atoms with Gasteiger partial charge in [0.05, 0.1) is 5.02 Å². The first-order valence-corrected chi connectivity index (χ1v) is 9.57. The Labute approximate surface area is 143 Å². The fraction of sp³-hybridized carbons (Fsp3) is 0.250. The van der Waals surface area contributed by atoms with Crippen LogP contribution in [0.4, 0.5) is 0 Å². The van der Waals surface area contributed by atoms with Crippen molar-refractivity contribution in [1.29, 1.82) is 0 Å². The van der Waals surface area contributed by atoms with E-state index < -0.39 is 10.0 Å². The lowest BCUT2D eigenvalue weighted by atomic mass is 9.89. The van der Waals surface area contributed by atoms with Crippen LogP contribution in [-0.2, 0) is 22.9 Å². The van der Waals surface area contributed by atoms with Crippen molar-refractivity contribution in [3.63, 3.8) is 0 Å². The van der Waals surface area contributed by atoms with Crippen molar-refractivity contribution in [1.82, 2.24) is 4.72 Å². The van der Waals surface area contributed by atoms with E-state index in [1.165, 1.54) is 6.07 Å². The van der Waals surface area contributed by atoms with Gasteiger partial charge < -0.3 is 0 Å². The number of fused-ring (bicyclic) bond motifs is 1. The lowest BCUT2D eigenvalue weighted by Crippen LogP contribution is -2.38. The first-order chi connectivity index (χ1) is 10.5. The lowest BCUT2D eigenvalue weighted by molar-refractivity contribution is 0.507. The molecule has 0 aliphatic heterocycles. The molecule has 6 heteroatoms. The summed E-state index contributed by atoms with van der Waals surface area (Å²) in [6.45, 7) is 0. The molecule has 0 saturated carbocycles. The molecule has 1 unspecified atom stereocenters. The molecule has 2 aromatic carbocycles. The van der Waals surface area contributed by atoms with E-state index in [1.807, 2.05) is 12.1 Å². The van der Waals surface area contributed by atoms with Crippen LogP contribution in [0.15, 0.2) is 45.8 Å². The molecule has 0 heterocycles. The van der Waals surface area contributed by atoms with Crippen LogP contribution in [0, 0.1) is 6.07 Å². The van der Waals surface area contributed by atoms with E-state index in [-0.39, 0.29) is 16.0 Å². The van der Waals surface area contributed by atoms with Gasteiger partial charge in [-0.1, -0.05) is 39.7 Å². The SMILES string of the molecule is O=S(=O)(NC1CCc2[c]cc(Br)cc2C1)c1ccccc1Cl. The standard InChI is InChI=1S/C16H14BrClNO2S/c17-13-7-5-11-6-8-14(10-12(11)9-13)19-22(20,21)16-4-2-1-3-15(16)18/h1-4,7,9,14,19H,6,8,10H2. The zero-order valence-corrected chi connectivity index (χ0v) is 14.8. The van der Waals surface area contributed by atoms with Crippen LogP contribution in [0.3, 0.4) is 0 Å². The third kappa shape index (κ3) is 3.38. The number of rotatable bonds is 3. The molecule has 2 aromatic rings. The van der Waals surface area contributed by atoms with E-state index >= 15 is 0 Å². The molecular formula is C16H14BrClNO2S. The maximum absolute atomic E-state index is 12.5. The van der Waals surface area contributed by atoms with Crippen LogP contribution < -0.4 is 4.72 Å². The quantitative estimate of drug-likeness (QED) is 0.854. The Balaban J connectivity index is 1.81. The number of nitrogens with one attached hydrogen (secondary N) is 1. The van der Waals surface area contributed by atoms with Gasteiger partial charge in [-0.3, -0.25) is 0 Å². The summed E-state index contributed by atoms with van der Waals surface area (Å²) in [5.74, 6) is 0. The van der Waals surface area contributed by atoms with Crippen LogP contribution in [0.2, 0.25) is 5.02 Å². The summed E-state index contributed by atoms with van der Waals surface area (Å²) in [6.07, 6.45) is 2.24. The maximum Gasteiger partial charge on any atom is 0.242 e. The van der Waals surface area contributed by atoms with E-state index in [0.717, 1.165) is 28.4 Å². The van der Waals surface area contributed by atoms with Crippen molar-refractivity contribution in [2.45, 2.75) is 30.2 Å². The Bertz CT molecular complexity index is 808. The minimum atomic E-state index is -3.61. The van der Waals surface area contributed by atoms with Gasteiger partial charge in [0.15, 0.2) is 0 Å². The molecule has 0 aromatic heterocycles. The van der Waals surface area contributed by atoms with Crippen molar-refractivity contribution in [3.8, 4) is 0 Å². The highest BCUT2D eigenvalue weighted by atomic mass is 79.9. The predicted molar refractivity (Wildman–Crippen MR) is 90.6 cm³/mol. The van der Waals surface area contributed by atoms with E-state index in [0.29, 0.717) is 6.42 Å². The Hall–Kier alpha value is -0.880. The average Bonchev–Trinajstić information content (AvgIpc) is 2.46. The number of halogens is 2. The summed E-state index contributed by atoms with van der Waals surface area (Å²) in [7, 11) is -3.61. The van der Waals surface area contributed by atoms with Crippen LogP contribution in [0.1, 0.15) is 17.5 Å². The van der Waals surface area contributed by atoms with Crippen molar-refractivity contribution < 1.29 is 8.42 Å². The number of aryl methyl sites for hydroxylation is 1. The largest absolute Gasteiger partial charge is 0.242 e. The second-order valence-electron chi connectivity index (χ2n) is 5.31. The van der Waals surface area contributed by atoms with Gasteiger partial charge >= 0.3 is 0 Å². The summed E-state index contributed by atoms with van der Waals surface area (Å²) >= 11 is 9.43. The Morgan fingerprint density at radius 2 is 2.09 bits per heavy atom. The number of benzene rings is 2. The molecule has 22 heavy (non-hydrogen) atoms. The van der Waals surface area contributed by atoms with Crippen molar-refractivity contribution in [3.05, 3.63) is 63.1 Å². The zero-order valence-electron chi connectivity index (χ0n) is 11.6. The molecule has 3 rings (SSSR count). The number of hydrogen-bond acceptors (Lipinski definition) is 2. The molecule has 1 aliphatic carbocycles. The van der Waals surface area contributed by atoms with Gasteiger partial charge in [-0.05, 0) is 60.7 Å². The molecular weight excluding hydrogens is 386 g/mol. The first kappa shape index (κ1) is 16.0.